The van der Waals surface area contributed by atoms with Crippen LogP contribution in [0.25, 0.3) is 16.7 Å². The summed E-state index contributed by atoms with van der Waals surface area (Å²) in [5, 5.41) is 15.8. The second-order valence-corrected chi connectivity index (χ2v) is 5.36. The lowest BCUT2D eigenvalue weighted by Crippen LogP contribution is -2.01. The maximum absolute atomic E-state index is 6.17. The summed E-state index contributed by atoms with van der Waals surface area (Å²) in [7, 11) is 0. The number of rotatable bonds is 2. The third-order valence-corrected chi connectivity index (χ3v) is 3.87. The van der Waals surface area contributed by atoms with Crippen molar-refractivity contribution in [2.24, 2.45) is 0 Å². The van der Waals surface area contributed by atoms with Crippen LogP contribution in [0.5, 0.6) is 0 Å². The van der Waals surface area contributed by atoms with Crippen LogP contribution >= 0.6 is 11.6 Å². The molecule has 0 amide bonds. The topological polar surface area (TPSA) is 68.0 Å². The predicted octanol–water partition coefficient (Wildman–Crippen LogP) is 3.38. The second-order valence-electron chi connectivity index (χ2n) is 4.95. The summed E-state index contributed by atoms with van der Waals surface area (Å²) in [5.41, 5.74) is 4.09. The van der Waals surface area contributed by atoms with Gasteiger partial charge in [0.25, 0.3) is 0 Å². The molecule has 2 aromatic heterocycles. The molecule has 0 bridgehead atoms. The number of para-hydroxylation sites is 2. The number of aromatic nitrogens is 5. The Hall–Kier alpha value is -2.73. The van der Waals surface area contributed by atoms with Crippen LogP contribution in [-0.2, 0) is 0 Å². The van der Waals surface area contributed by atoms with Gasteiger partial charge in [0.1, 0.15) is 0 Å². The van der Waals surface area contributed by atoms with Gasteiger partial charge in [-0.2, -0.15) is 4.52 Å². The highest BCUT2D eigenvalue weighted by Crippen LogP contribution is 2.25. The zero-order valence-corrected chi connectivity index (χ0v) is 12.4. The molecular formula is C15H11ClN6. The fraction of sp³-hybridized carbons (Fsp3) is 0.0667. The molecule has 7 heteroatoms. The molecule has 2 heterocycles. The zero-order chi connectivity index (χ0) is 15.1. The molecule has 2 aromatic carbocycles. The summed E-state index contributed by atoms with van der Waals surface area (Å²) >= 11 is 6.17. The van der Waals surface area contributed by atoms with Crippen molar-refractivity contribution < 1.29 is 0 Å². The largest absolute Gasteiger partial charge is 0.337 e. The monoisotopic (exact) mass is 310 g/mol. The second kappa shape index (κ2) is 4.92. The van der Waals surface area contributed by atoms with E-state index in [1.54, 1.807) is 4.52 Å². The van der Waals surface area contributed by atoms with Crippen LogP contribution in [0.2, 0.25) is 5.02 Å². The van der Waals surface area contributed by atoms with Gasteiger partial charge in [0, 0.05) is 10.7 Å². The number of tetrazole rings is 1. The molecule has 0 aliphatic rings. The van der Waals surface area contributed by atoms with Gasteiger partial charge in [-0.25, -0.2) is 4.98 Å². The fourth-order valence-electron chi connectivity index (χ4n) is 2.30. The normalized spacial score (nSPS) is 11.2. The molecule has 108 valence electrons. The smallest absolute Gasteiger partial charge is 0.222 e. The highest BCUT2D eigenvalue weighted by atomic mass is 35.5. The van der Waals surface area contributed by atoms with E-state index in [-0.39, 0.29) is 0 Å². The van der Waals surface area contributed by atoms with Crippen LogP contribution in [0, 0.1) is 6.92 Å². The van der Waals surface area contributed by atoms with Crippen molar-refractivity contribution in [1.29, 1.82) is 0 Å². The van der Waals surface area contributed by atoms with Crippen molar-refractivity contribution in [1.82, 2.24) is 25.0 Å². The standard InChI is InChI=1S/C15H11ClN6/c1-9-6-7-10(8-11(9)16)17-14-15-19-20-21-22(15)13-5-3-2-4-12(13)18-14/h2-8H,1H3,(H,17,18). The summed E-state index contributed by atoms with van der Waals surface area (Å²) in [6, 6.07) is 13.5. The summed E-state index contributed by atoms with van der Waals surface area (Å²) in [6.07, 6.45) is 0. The molecule has 0 saturated heterocycles. The van der Waals surface area contributed by atoms with E-state index < -0.39 is 0 Å². The Morgan fingerprint density at radius 2 is 2.00 bits per heavy atom. The highest BCUT2D eigenvalue weighted by Gasteiger charge is 2.11. The number of aryl methyl sites for hydroxylation is 1. The minimum absolute atomic E-state index is 0.565. The van der Waals surface area contributed by atoms with Crippen molar-refractivity contribution >= 4 is 39.8 Å². The number of fused-ring (bicyclic) bond motifs is 3. The van der Waals surface area contributed by atoms with Crippen molar-refractivity contribution in [3.05, 3.63) is 53.1 Å². The molecule has 4 rings (SSSR count). The summed E-state index contributed by atoms with van der Waals surface area (Å²) < 4.78 is 1.67. The van der Waals surface area contributed by atoms with Gasteiger partial charge in [0.2, 0.25) is 5.65 Å². The molecule has 22 heavy (non-hydrogen) atoms. The molecule has 0 fully saturated rings. The molecule has 0 aliphatic carbocycles. The molecule has 1 N–H and O–H groups in total. The number of benzene rings is 2. The molecule has 6 nitrogen and oxygen atoms in total. The van der Waals surface area contributed by atoms with Crippen LogP contribution in [0.4, 0.5) is 11.5 Å². The average Bonchev–Trinajstić information content (AvgIpc) is 3.01. The van der Waals surface area contributed by atoms with Crippen LogP contribution in [0.15, 0.2) is 42.5 Å². The highest BCUT2D eigenvalue weighted by molar-refractivity contribution is 6.31. The van der Waals surface area contributed by atoms with E-state index in [1.807, 2.05) is 49.4 Å². The van der Waals surface area contributed by atoms with Gasteiger partial charge >= 0.3 is 0 Å². The van der Waals surface area contributed by atoms with E-state index in [1.165, 1.54) is 0 Å². The molecule has 0 aliphatic heterocycles. The number of halogens is 1. The molecule has 4 aromatic rings. The molecule has 0 unspecified atom stereocenters. The van der Waals surface area contributed by atoms with Crippen LogP contribution < -0.4 is 5.32 Å². The van der Waals surface area contributed by atoms with Gasteiger partial charge in [0.15, 0.2) is 5.82 Å². The van der Waals surface area contributed by atoms with Crippen molar-refractivity contribution in [3.63, 3.8) is 0 Å². The van der Waals surface area contributed by atoms with Gasteiger partial charge in [-0.1, -0.05) is 29.8 Å². The first-order chi connectivity index (χ1) is 10.7. The van der Waals surface area contributed by atoms with E-state index in [9.17, 15) is 0 Å². The molecule has 0 saturated carbocycles. The van der Waals surface area contributed by atoms with Crippen molar-refractivity contribution in [2.75, 3.05) is 5.32 Å². The molecule has 0 atom stereocenters. The van der Waals surface area contributed by atoms with Gasteiger partial charge in [-0.05, 0) is 47.2 Å². The first-order valence-corrected chi connectivity index (χ1v) is 7.10. The van der Waals surface area contributed by atoms with Crippen LogP contribution in [-0.4, -0.2) is 25.0 Å². The third-order valence-electron chi connectivity index (χ3n) is 3.46. The summed E-state index contributed by atoms with van der Waals surface area (Å²) in [6.45, 7) is 1.96. The maximum atomic E-state index is 6.17. The Morgan fingerprint density at radius 1 is 1.14 bits per heavy atom. The minimum Gasteiger partial charge on any atom is -0.337 e. The van der Waals surface area contributed by atoms with Gasteiger partial charge < -0.3 is 5.32 Å². The quantitative estimate of drug-likeness (QED) is 0.614. The van der Waals surface area contributed by atoms with E-state index in [0.29, 0.717) is 16.5 Å². The SMILES string of the molecule is Cc1ccc(Nc2nc3ccccc3n3nnnc23)cc1Cl. The number of nitrogens with one attached hydrogen (secondary N) is 1. The number of hydrogen-bond acceptors (Lipinski definition) is 5. The first-order valence-electron chi connectivity index (χ1n) is 6.72. The Balaban J connectivity index is 1.89. The van der Waals surface area contributed by atoms with E-state index in [4.69, 9.17) is 11.6 Å². The zero-order valence-electron chi connectivity index (χ0n) is 11.7. The third kappa shape index (κ3) is 2.05. The van der Waals surface area contributed by atoms with E-state index in [2.05, 4.69) is 25.8 Å². The number of anilines is 2. The van der Waals surface area contributed by atoms with E-state index in [0.717, 1.165) is 22.3 Å². The van der Waals surface area contributed by atoms with Crippen LogP contribution in [0.3, 0.4) is 0 Å². The molecule has 0 spiro atoms. The predicted molar refractivity (Wildman–Crippen MR) is 85.6 cm³/mol. The minimum atomic E-state index is 0.565. The summed E-state index contributed by atoms with van der Waals surface area (Å²) in [4.78, 5) is 4.61. The average molecular weight is 311 g/mol. The molecule has 0 radical (unpaired) electrons. The van der Waals surface area contributed by atoms with Crippen molar-refractivity contribution in [3.8, 4) is 0 Å². The fourth-order valence-corrected chi connectivity index (χ4v) is 2.48. The van der Waals surface area contributed by atoms with Crippen LogP contribution in [0.1, 0.15) is 5.56 Å². The van der Waals surface area contributed by atoms with Gasteiger partial charge in [-0.15, -0.1) is 5.10 Å². The number of nitrogens with zero attached hydrogens (tertiary/aromatic N) is 5. The van der Waals surface area contributed by atoms with Crippen molar-refractivity contribution in [2.45, 2.75) is 6.92 Å². The first kappa shape index (κ1) is 13.0. The Morgan fingerprint density at radius 3 is 2.86 bits per heavy atom. The Bertz CT molecular complexity index is 994. The van der Waals surface area contributed by atoms with Gasteiger partial charge in [-0.3, -0.25) is 0 Å². The lowest BCUT2D eigenvalue weighted by atomic mass is 10.2. The lowest BCUT2D eigenvalue weighted by Gasteiger charge is -2.09. The lowest BCUT2D eigenvalue weighted by molar-refractivity contribution is 0.841. The number of hydrogen-bond donors (Lipinski definition) is 1. The van der Waals surface area contributed by atoms with E-state index >= 15 is 0 Å². The molecular weight excluding hydrogens is 300 g/mol. The van der Waals surface area contributed by atoms with Gasteiger partial charge in [0.05, 0.1) is 11.0 Å². The Kier molecular flexibility index (Phi) is 2.90. The Labute approximate surface area is 130 Å². The summed E-state index contributed by atoms with van der Waals surface area (Å²) in [5.74, 6) is 0.587. The maximum Gasteiger partial charge on any atom is 0.222 e.